The lowest BCUT2D eigenvalue weighted by Gasteiger charge is -2.30. The molecule has 1 aromatic carbocycles. The Balaban J connectivity index is 2.92. The highest BCUT2D eigenvalue weighted by Gasteiger charge is 2.74. The maximum atomic E-state index is 14.4. The van der Waals surface area contributed by atoms with Crippen LogP contribution in [0.4, 0.5) is 30.7 Å². The van der Waals surface area contributed by atoms with Gasteiger partial charge in [-0.05, 0) is 23.6 Å². The fourth-order valence-corrected chi connectivity index (χ4v) is 3.16. The maximum absolute atomic E-state index is 14.4. The Morgan fingerprint density at radius 3 is 1.90 bits per heavy atom. The molecule has 0 fully saturated rings. The molecule has 0 aliphatic carbocycles. The summed E-state index contributed by atoms with van der Waals surface area (Å²) in [5.41, 5.74) is -4.18. The van der Waals surface area contributed by atoms with E-state index in [4.69, 9.17) is 0 Å². The minimum Gasteiger partial charge on any atom is -0.465 e. The minimum absolute atomic E-state index is 0.0918. The zero-order valence-electron chi connectivity index (χ0n) is 14.6. The highest BCUT2D eigenvalue weighted by molar-refractivity contribution is 7.13. The van der Waals surface area contributed by atoms with Gasteiger partial charge < -0.3 is 9.47 Å². The molecule has 0 spiro atoms. The van der Waals surface area contributed by atoms with E-state index >= 15 is 0 Å². The molecule has 0 saturated heterocycles. The molecule has 0 aliphatic rings. The first-order valence-electron chi connectivity index (χ1n) is 7.51. The zero-order valence-corrected chi connectivity index (χ0v) is 15.4. The Morgan fingerprint density at radius 1 is 0.897 bits per heavy atom. The first kappa shape index (κ1) is 22.7. The lowest BCUT2D eigenvalue weighted by atomic mass is 9.91. The van der Waals surface area contributed by atoms with Crippen LogP contribution < -0.4 is 0 Å². The van der Waals surface area contributed by atoms with Crippen molar-refractivity contribution in [1.82, 2.24) is 0 Å². The third kappa shape index (κ3) is 3.80. The smallest absolute Gasteiger partial charge is 0.460 e. The average molecular weight is 444 g/mol. The monoisotopic (exact) mass is 444 g/mol. The fraction of sp³-hybridized carbons (Fsp3) is 0.294. The van der Waals surface area contributed by atoms with E-state index in [0.29, 0.717) is 13.2 Å². The first-order chi connectivity index (χ1) is 13.3. The molecule has 0 atom stereocenters. The number of thiophene rings is 1. The van der Waals surface area contributed by atoms with E-state index in [2.05, 4.69) is 9.47 Å². The standard InChI is InChI=1S/C17H11F7O4S/c1-27-13(25)9-6-10(14(26)28-2)11(7-8(9)12-4-3-5-29-12)15(18,19)16(20,21)17(22,23)24/h3-7H,1-2H3. The number of rotatable bonds is 5. The van der Waals surface area contributed by atoms with Crippen LogP contribution in [0.25, 0.3) is 10.4 Å². The van der Waals surface area contributed by atoms with E-state index in [0.717, 1.165) is 18.4 Å². The largest absolute Gasteiger partial charge is 0.465 e. The van der Waals surface area contributed by atoms with Crippen LogP contribution in [0.1, 0.15) is 26.3 Å². The van der Waals surface area contributed by atoms with Crippen LogP contribution in [-0.4, -0.2) is 38.3 Å². The molecule has 0 unspecified atom stereocenters. The first-order valence-corrected chi connectivity index (χ1v) is 8.39. The molecule has 29 heavy (non-hydrogen) atoms. The zero-order chi connectivity index (χ0) is 22.2. The second-order valence-electron chi connectivity index (χ2n) is 5.55. The van der Waals surface area contributed by atoms with Crippen LogP contribution in [-0.2, 0) is 15.4 Å². The van der Waals surface area contributed by atoms with Gasteiger partial charge in [-0.25, -0.2) is 9.59 Å². The molecule has 12 heteroatoms. The molecule has 4 nitrogen and oxygen atoms in total. The lowest BCUT2D eigenvalue weighted by molar-refractivity contribution is -0.359. The number of halogens is 7. The van der Waals surface area contributed by atoms with Gasteiger partial charge in [-0.3, -0.25) is 0 Å². The normalized spacial score (nSPS) is 12.6. The predicted molar refractivity (Wildman–Crippen MR) is 87.3 cm³/mol. The summed E-state index contributed by atoms with van der Waals surface area (Å²) in [4.78, 5) is 24.0. The quantitative estimate of drug-likeness (QED) is 0.465. The van der Waals surface area contributed by atoms with Crippen molar-refractivity contribution >= 4 is 23.3 Å². The van der Waals surface area contributed by atoms with Gasteiger partial charge in [0.2, 0.25) is 0 Å². The molecule has 0 N–H and O–H groups in total. The molecule has 0 saturated carbocycles. The van der Waals surface area contributed by atoms with E-state index in [1.165, 1.54) is 17.5 Å². The van der Waals surface area contributed by atoms with Crippen LogP contribution >= 0.6 is 11.3 Å². The van der Waals surface area contributed by atoms with Crippen LogP contribution in [0.2, 0.25) is 0 Å². The molecular weight excluding hydrogens is 433 g/mol. The van der Waals surface area contributed by atoms with Gasteiger partial charge >= 0.3 is 30.0 Å². The topological polar surface area (TPSA) is 52.6 Å². The Labute approximate surface area is 162 Å². The molecule has 0 bridgehead atoms. The van der Waals surface area contributed by atoms with Crippen LogP contribution in [0.3, 0.4) is 0 Å². The summed E-state index contributed by atoms with van der Waals surface area (Å²) in [5, 5.41) is 1.45. The van der Waals surface area contributed by atoms with Gasteiger partial charge in [-0.1, -0.05) is 6.07 Å². The van der Waals surface area contributed by atoms with Crippen molar-refractivity contribution in [2.24, 2.45) is 0 Å². The molecule has 0 amide bonds. The lowest BCUT2D eigenvalue weighted by Crippen LogP contribution is -2.50. The summed E-state index contributed by atoms with van der Waals surface area (Å²) in [7, 11) is 1.63. The van der Waals surface area contributed by atoms with Crippen molar-refractivity contribution in [3.05, 3.63) is 46.3 Å². The molecule has 2 rings (SSSR count). The Kier molecular flexibility index (Phi) is 5.98. The summed E-state index contributed by atoms with van der Waals surface area (Å²) in [6, 6.07) is 3.43. The number of hydrogen-bond acceptors (Lipinski definition) is 5. The molecule has 0 radical (unpaired) electrons. The highest BCUT2D eigenvalue weighted by Crippen LogP contribution is 2.53. The molecule has 158 valence electrons. The molecular formula is C17H11F7O4S. The van der Waals surface area contributed by atoms with Crippen molar-refractivity contribution in [3.63, 3.8) is 0 Å². The number of esters is 2. The number of alkyl halides is 7. The number of benzene rings is 1. The number of hydrogen-bond donors (Lipinski definition) is 0. The third-order valence-corrected chi connectivity index (χ3v) is 4.75. The van der Waals surface area contributed by atoms with Gasteiger partial charge in [0.15, 0.2) is 0 Å². The predicted octanol–water partition coefficient (Wildman–Crippen LogP) is 5.28. The van der Waals surface area contributed by atoms with E-state index in [1.54, 1.807) is 0 Å². The highest BCUT2D eigenvalue weighted by atomic mass is 32.1. The minimum atomic E-state index is -6.62. The number of ether oxygens (including phenoxy) is 2. The second-order valence-corrected chi connectivity index (χ2v) is 6.50. The summed E-state index contributed by atoms with van der Waals surface area (Å²) >= 11 is 0.892. The van der Waals surface area contributed by atoms with Gasteiger partial charge in [0.1, 0.15) is 0 Å². The molecule has 0 aliphatic heterocycles. The summed E-state index contributed by atoms with van der Waals surface area (Å²) in [6.07, 6.45) is -6.62. The van der Waals surface area contributed by atoms with Crippen molar-refractivity contribution in [1.29, 1.82) is 0 Å². The number of carbonyl (C=O) groups excluding carboxylic acids is 2. The number of carbonyl (C=O) groups is 2. The molecule has 2 aromatic rings. The SMILES string of the molecule is COC(=O)c1cc(C(=O)OC)c(C(F)(F)C(F)(F)C(F)(F)F)cc1-c1cccs1. The number of methoxy groups -OCH3 is 2. The van der Waals surface area contributed by atoms with Gasteiger partial charge in [0.25, 0.3) is 0 Å². The van der Waals surface area contributed by atoms with Gasteiger partial charge in [-0.2, -0.15) is 30.7 Å². The van der Waals surface area contributed by atoms with Crippen molar-refractivity contribution < 1.29 is 49.8 Å². The third-order valence-electron chi connectivity index (χ3n) is 3.84. The van der Waals surface area contributed by atoms with Gasteiger partial charge in [-0.15, -0.1) is 11.3 Å². The van der Waals surface area contributed by atoms with E-state index in [9.17, 15) is 40.3 Å². The van der Waals surface area contributed by atoms with Crippen LogP contribution in [0, 0.1) is 0 Å². The van der Waals surface area contributed by atoms with Crippen molar-refractivity contribution in [2.75, 3.05) is 14.2 Å². The summed E-state index contributed by atoms with van der Waals surface area (Å²) in [6.45, 7) is 0. The van der Waals surface area contributed by atoms with Crippen molar-refractivity contribution in [2.45, 2.75) is 18.0 Å². The Morgan fingerprint density at radius 2 is 1.45 bits per heavy atom. The van der Waals surface area contributed by atoms with E-state index < -0.39 is 52.2 Å². The maximum Gasteiger partial charge on any atom is 0.460 e. The molecule has 1 aromatic heterocycles. The van der Waals surface area contributed by atoms with Gasteiger partial charge in [0.05, 0.1) is 25.3 Å². The fourth-order valence-electron chi connectivity index (χ4n) is 2.40. The van der Waals surface area contributed by atoms with Crippen molar-refractivity contribution in [3.8, 4) is 10.4 Å². The Hall–Kier alpha value is -2.63. The van der Waals surface area contributed by atoms with E-state index in [1.807, 2.05) is 0 Å². The van der Waals surface area contributed by atoms with Crippen LogP contribution in [0.15, 0.2) is 29.6 Å². The second kappa shape index (κ2) is 7.65. The van der Waals surface area contributed by atoms with Gasteiger partial charge in [0, 0.05) is 16.0 Å². The Bertz CT molecular complexity index is 921. The van der Waals surface area contributed by atoms with Crippen LogP contribution in [0.5, 0.6) is 0 Å². The summed E-state index contributed by atoms with van der Waals surface area (Å²) < 4.78 is 103. The average Bonchev–Trinajstić information content (AvgIpc) is 3.19. The van der Waals surface area contributed by atoms with E-state index in [-0.39, 0.29) is 10.9 Å². The summed E-state index contributed by atoms with van der Waals surface area (Å²) in [5.74, 6) is -15.1. The molecule has 1 heterocycles.